The molecule has 1 aromatic carbocycles. The zero-order chi connectivity index (χ0) is 13.1. The number of halogens is 2. The molecule has 0 radical (unpaired) electrons. The molecule has 0 unspecified atom stereocenters. The second-order valence-electron chi connectivity index (χ2n) is 4.43. The molecule has 0 saturated heterocycles. The first-order chi connectivity index (χ1) is 8.58. The number of hydrogen-bond acceptors (Lipinski definition) is 2. The van der Waals surface area contributed by atoms with E-state index < -0.39 is 0 Å². The molecule has 0 spiro atoms. The fourth-order valence-corrected chi connectivity index (χ4v) is 2.95. The minimum Gasteiger partial charge on any atom is -0.310 e. The van der Waals surface area contributed by atoms with Crippen LogP contribution in [0.15, 0.2) is 29.6 Å². The Balaban J connectivity index is 2.37. The molecule has 18 heavy (non-hydrogen) atoms. The molecule has 0 aliphatic carbocycles. The molecular weight excluding hydrogens is 269 g/mol. The summed E-state index contributed by atoms with van der Waals surface area (Å²) in [5.74, 6) is -0.216. The summed E-state index contributed by atoms with van der Waals surface area (Å²) in [6.07, 6.45) is 0. The Morgan fingerprint density at radius 3 is 2.72 bits per heavy atom. The highest BCUT2D eigenvalue weighted by Gasteiger charge is 2.11. The van der Waals surface area contributed by atoms with E-state index in [1.807, 2.05) is 11.4 Å². The van der Waals surface area contributed by atoms with Gasteiger partial charge in [-0.25, -0.2) is 4.39 Å². The van der Waals surface area contributed by atoms with Gasteiger partial charge in [-0.2, -0.15) is 0 Å². The molecule has 0 aliphatic rings. The van der Waals surface area contributed by atoms with Crippen molar-refractivity contribution in [1.82, 2.24) is 5.32 Å². The summed E-state index contributed by atoms with van der Waals surface area (Å²) in [5.41, 5.74) is 1.94. The van der Waals surface area contributed by atoms with Gasteiger partial charge in [0.25, 0.3) is 0 Å². The lowest BCUT2D eigenvalue weighted by Crippen LogP contribution is -2.22. The Morgan fingerprint density at radius 2 is 2.11 bits per heavy atom. The van der Waals surface area contributed by atoms with Crippen LogP contribution in [-0.2, 0) is 6.54 Å². The average molecular weight is 284 g/mol. The van der Waals surface area contributed by atoms with Crippen LogP contribution >= 0.6 is 22.9 Å². The van der Waals surface area contributed by atoms with Gasteiger partial charge in [0.2, 0.25) is 0 Å². The second kappa shape index (κ2) is 5.83. The number of thiophene rings is 1. The van der Waals surface area contributed by atoms with Gasteiger partial charge in [-0.05, 0) is 34.7 Å². The van der Waals surface area contributed by atoms with Gasteiger partial charge in [-0.3, -0.25) is 0 Å². The van der Waals surface area contributed by atoms with E-state index in [0.29, 0.717) is 12.6 Å². The van der Waals surface area contributed by atoms with E-state index >= 15 is 0 Å². The average Bonchev–Trinajstić information content (AvgIpc) is 2.73. The van der Waals surface area contributed by atoms with Crippen LogP contribution in [0, 0.1) is 5.82 Å². The van der Waals surface area contributed by atoms with Gasteiger partial charge < -0.3 is 5.32 Å². The van der Waals surface area contributed by atoms with Crippen LogP contribution in [0.5, 0.6) is 0 Å². The van der Waals surface area contributed by atoms with Crippen LogP contribution in [0.3, 0.4) is 0 Å². The standard InChI is InChI=1S/C14H15ClFNS/c1-9(2)17-8-10-7-11(16)3-4-12(10)14-13(15)5-6-18-14/h3-7,9,17H,8H2,1-2H3. The summed E-state index contributed by atoms with van der Waals surface area (Å²) in [4.78, 5) is 0.997. The lowest BCUT2D eigenvalue weighted by atomic mass is 10.1. The quantitative estimate of drug-likeness (QED) is 0.857. The van der Waals surface area contributed by atoms with E-state index in [1.165, 1.54) is 6.07 Å². The van der Waals surface area contributed by atoms with E-state index in [-0.39, 0.29) is 5.82 Å². The highest BCUT2D eigenvalue weighted by molar-refractivity contribution is 7.14. The maximum Gasteiger partial charge on any atom is 0.123 e. The topological polar surface area (TPSA) is 12.0 Å². The number of benzene rings is 1. The fraction of sp³-hybridized carbons (Fsp3) is 0.286. The third kappa shape index (κ3) is 3.10. The van der Waals surface area contributed by atoms with Crippen LogP contribution in [0.25, 0.3) is 10.4 Å². The Labute approximate surface area is 116 Å². The maximum absolute atomic E-state index is 13.4. The zero-order valence-corrected chi connectivity index (χ0v) is 11.9. The molecule has 0 saturated carbocycles. The molecule has 0 atom stereocenters. The summed E-state index contributed by atoms with van der Waals surface area (Å²) in [6, 6.07) is 7.07. The highest BCUT2D eigenvalue weighted by atomic mass is 35.5. The normalized spacial score (nSPS) is 11.2. The minimum atomic E-state index is -0.216. The van der Waals surface area contributed by atoms with Crippen LogP contribution in [0.4, 0.5) is 4.39 Å². The molecule has 1 aromatic heterocycles. The fourth-order valence-electron chi connectivity index (χ4n) is 1.73. The smallest absolute Gasteiger partial charge is 0.123 e. The Hall–Kier alpha value is -0.900. The van der Waals surface area contributed by atoms with Gasteiger partial charge in [-0.15, -0.1) is 11.3 Å². The highest BCUT2D eigenvalue weighted by Crippen LogP contribution is 2.35. The van der Waals surface area contributed by atoms with Crippen LogP contribution < -0.4 is 5.32 Å². The first kappa shape index (κ1) is 13.5. The van der Waals surface area contributed by atoms with E-state index in [4.69, 9.17) is 11.6 Å². The molecule has 1 N–H and O–H groups in total. The van der Waals surface area contributed by atoms with Crippen molar-refractivity contribution < 1.29 is 4.39 Å². The summed E-state index contributed by atoms with van der Waals surface area (Å²) >= 11 is 7.72. The van der Waals surface area contributed by atoms with Crippen LogP contribution in [0.1, 0.15) is 19.4 Å². The molecule has 4 heteroatoms. The van der Waals surface area contributed by atoms with E-state index in [1.54, 1.807) is 23.5 Å². The molecule has 0 aliphatic heterocycles. The van der Waals surface area contributed by atoms with Crippen molar-refractivity contribution >= 4 is 22.9 Å². The summed E-state index contributed by atoms with van der Waals surface area (Å²) in [6.45, 7) is 4.77. The number of nitrogens with one attached hydrogen (secondary N) is 1. The van der Waals surface area contributed by atoms with Gasteiger partial charge >= 0.3 is 0 Å². The second-order valence-corrected chi connectivity index (χ2v) is 5.76. The maximum atomic E-state index is 13.4. The molecule has 2 rings (SSSR count). The molecular formula is C14H15ClFNS. The van der Waals surface area contributed by atoms with E-state index in [0.717, 1.165) is 21.0 Å². The predicted molar refractivity (Wildman–Crippen MR) is 76.7 cm³/mol. The third-order valence-electron chi connectivity index (χ3n) is 2.63. The molecule has 0 fully saturated rings. The monoisotopic (exact) mass is 283 g/mol. The summed E-state index contributed by atoms with van der Waals surface area (Å²) in [7, 11) is 0. The number of hydrogen-bond donors (Lipinski definition) is 1. The Kier molecular flexibility index (Phi) is 4.38. The van der Waals surface area contributed by atoms with Gasteiger partial charge in [-0.1, -0.05) is 31.5 Å². The van der Waals surface area contributed by atoms with Crippen LogP contribution in [0.2, 0.25) is 5.02 Å². The first-order valence-electron chi connectivity index (χ1n) is 5.83. The summed E-state index contributed by atoms with van der Waals surface area (Å²) < 4.78 is 13.4. The molecule has 0 bridgehead atoms. The zero-order valence-electron chi connectivity index (χ0n) is 10.3. The van der Waals surface area contributed by atoms with Gasteiger partial charge in [0.05, 0.1) is 9.90 Å². The van der Waals surface area contributed by atoms with Crippen molar-refractivity contribution in [2.45, 2.75) is 26.4 Å². The largest absolute Gasteiger partial charge is 0.310 e. The first-order valence-corrected chi connectivity index (χ1v) is 7.09. The predicted octanol–water partition coefficient (Wildman–Crippen LogP) is 4.71. The lowest BCUT2D eigenvalue weighted by Gasteiger charge is -2.12. The van der Waals surface area contributed by atoms with Crippen molar-refractivity contribution in [2.75, 3.05) is 0 Å². The number of rotatable bonds is 4. The van der Waals surface area contributed by atoms with Crippen molar-refractivity contribution in [3.05, 3.63) is 46.0 Å². The lowest BCUT2D eigenvalue weighted by molar-refractivity contribution is 0.582. The SMILES string of the molecule is CC(C)NCc1cc(F)ccc1-c1sccc1Cl. The van der Waals surface area contributed by atoms with E-state index in [9.17, 15) is 4.39 Å². The minimum absolute atomic E-state index is 0.216. The van der Waals surface area contributed by atoms with Crippen molar-refractivity contribution in [1.29, 1.82) is 0 Å². The van der Waals surface area contributed by atoms with Crippen molar-refractivity contribution in [2.24, 2.45) is 0 Å². The van der Waals surface area contributed by atoms with Crippen molar-refractivity contribution in [3.8, 4) is 10.4 Å². The van der Waals surface area contributed by atoms with Gasteiger partial charge in [0, 0.05) is 12.6 Å². The Morgan fingerprint density at radius 1 is 1.33 bits per heavy atom. The van der Waals surface area contributed by atoms with Gasteiger partial charge in [0.15, 0.2) is 0 Å². The van der Waals surface area contributed by atoms with E-state index in [2.05, 4.69) is 19.2 Å². The van der Waals surface area contributed by atoms with Crippen LogP contribution in [-0.4, -0.2) is 6.04 Å². The Bertz CT molecular complexity index is 536. The molecule has 96 valence electrons. The third-order valence-corrected chi connectivity index (χ3v) is 4.00. The van der Waals surface area contributed by atoms with Gasteiger partial charge in [0.1, 0.15) is 5.82 Å². The molecule has 0 amide bonds. The molecule has 2 aromatic rings. The summed E-state index contributed by atoms with van der Waals surface area (Å²) in [5, 5.41) is 5.97. The molecule has 1 heterocycles. The van der Waals surface area contributed by atoms with Crippen molar-refractivity contribution in [3.63, 3.8) is 0 Å². The molecule has 1 nitrogen and oxygen atoms in total.